The van der Waals surface area contributed by atoms with Gasteiger partial charge >= 0.3 is 0 Å². The predicted octanol–water partition coefficient (Wildman–Crippen LogP) is 1.42. The minimum absolute atomic E-state index is 0.0828. The molecule has 2 aliphatic heterocycles. The first-order chi connectivity index (χ1) is 10.0. The number of benzene rings is 1. The Kier molecular flexibility index (Phi) is 3.63. The summed E-state index contributed by atoms with van der Waals surface area (Å²) in [6, 6.07) is 3.97. The number of halogens is 1. The second-order valence-corrected chi connectivity index (χ2v) is 5.60. The first-order valence-corrected chi connectivity index (χ1v) is 7.16. The maximum atomic E-state index is 13.4. The van der Waals surface area contributed by atoms with Gasteiger partial charge in [-0.25, -0.2) is 4.39 Å². The van der Waals surface area contributed by atoms with Crippen molar-refractivity contribution in [1.29, 1.82) is 0 Å². The number of likely N-dealkylation sites (tertiary alicyclic amines) is 1. The minimum Gasteiger partial charge on any atom is -0.343 e. The molecule has 1 aromatic rings. The molecule has 5 nitrogen and oxygen atoms in total. The fraction of sp³-hybridized carbons (Fsp3) is 0.467. The Hall–Kier alpha value is -1.95. The molecular formula is C15H18FN3O2. The molecule has 3 rings (SSSR count). The van der Waals surface area contributed by atoms with E-state index in [9.17, 15) is 14.0 Å². The quantitative estimate of drug-likeness (QED) is 0.866. The number of nitrogens with one attached hydrogen (secondary N) is 2. The number of carbonyl (C=O) groups excluding carboxylic acids is 2. The summed E-state index contributed by atoms with van der Waals surface area (Å²) in [5.41, 5.74) is 1.33. The number of carbonyl (C=O) groups is 2. The van der Waals surface area contributed by atoms with Gasteiger partial charge in [0.05, 0.1) is 0 Å². The van der Waals surface area contributed by atoms with E-state index >= 15 is 0 Å². The van der Waals surface area contributed by atoms with Crippen LogP contribution in [0, 0.1) is 5.82 Å². The first kappa shape index (κ1) is 14.0. The Balaban J connectivity index is 1.68. The summed E-state index contributed by atoms with van der Waals surface area (Å²) < 4.78 is 13.4. The Morgan fingerprint density at radius 3 is 2.76 bits per heavy atom. The van der Waals surface area contributed by atoms with E-state index in [1.165, 1.54) is 12.1 Å². The van der Waals surface area contributed by atoms with Crippen molar-refractivity contribution in [3.8, 4) is 0 Å². The summed E-state index contributed by atoms with van der Waals surface area (Å²) >= 11 is 0. The van der Waals surface area contributed by atoms with E-state index in [0.29, 0.717) is 24.3 Å². The third kappa shape index (κ3) is 2.76. The fourth-order valence-corrected chi connectivity index (χ4v) is 2.99. The van der Waals surface area contributed by atoms with Crippen LogP contribution in [0.25, 0.3) is 0 Å². The van der Waals surface area contributed by atoms with Gasteiger partial charge in [0.2, 0.25) is 11.8 Å². The van der Waals surface area contributed by atoms with Gasteiger partial charge in [-0.2, -0.15) is 0 Å². The summed E-state index contributed by atoms with van der Waals surface area (Å²) in [5.74, 6) is -0.410. The van der Waals surface area contributed by atoms with Crippen molar-refractivity contribution in [2.75, 3.05) is 18.4 Å². The standard InChI is InChI=1S/C15H18FN3O2/c1-9(20)19-6-4-11(5-7-19)17-14-12-8-10(16)2-3-13(12)18-15(14)21/h2-3,8,11,14,17H,4-7H2,1H3,(H,18,21). The highest BCUT2D eigenvalue weighted by atomic mass is 19.1. The zero-order chi connectivity index (χ0) is 15.0. The summed E-state index contributed by atoms with van der Waals surface area (Å²) in [7, 11) is 0. The third-order valence-corrected chi connectivity index (χ3v) is 4.19. The maximum Gasteiger partial charge on any atom is 0.246 e. The molecule has 112 valence electrons. The van der Waals surface area contributed by atoms with Crippen molar-refractivity contribution in [2.24, 2.45) is 0 Å². The maximum absolute atomic E-state index is 13.4. The zero-order valence-corrected chi connectivity index (χ0v) is 11.9. The molecule has 0 aliphatic carbocycles. The lowest BCUT2D eigenvalue weighted by Crippen LogP contribution is -2.46. The molecule has 0 saturated carbocycles. The van der Waals surface area contributed by atoms with Crippen molar-refractivity contribution >= 4 is 17.5 Å². The monoisotopic (exact) mass is 291 g/mol. The van der Waals surface area contributed by atoms with Gasteiger partial charge < -0.3 is 10.2 Å². The number of nitrogens with zero attached hydrogens (tertiary/aromatic N) is 1. The Labute approximate surface area is 122 Å². The molecule has 0 bridgehead atoms. The van der Waals surface area contributed by atoms with E-state index in [0.717, 1.165) is 12.8 Å². The largest absolute Gasteiger partial charge is 0.343 e. The van der Waals surface area contributed by atoms with E-state index in [1.807, 2.05) is 0 Å². The number of rotatable bonds is 2. The number of hydrogen-bond donors (Lipinski definition) is 2. The lowest BCUT2D eigenvalue weighted by Gasteiger charge is -2.33. The third-order valence-electron chi connectivity index (χ3n) is 4.19. The summed E-state index contributed by atoms with van der Waals surface area (Å²) in [5, 5.41) is 6.05. The minimum atomic E-state index is -0.510. The molecule has 2 amide bonds. The van der Waals surface area contributed by atoms with Crippen LogP contribution in [0.4, 0.5) is 10.1 Å². The number of piperidine rings is 1. The normalized spacial score (nSPS) is 22.1. The van der Waals surface area contributed by atoms with Crippen molar-refractivity contribution in [3.05, 3.63) is 29.6 Å². The molecule has 2 aliphatic rings. The van der Waals surface area contributed by atoms with Crippen LogP contribution < -0.4 is 10.6 Å². The lowest BCUT2D eigenvalue weighted by molar-refractivity contribution is -0.130. The fourth-order valence-electron chi connectivity index (χ4n) is 2.99. The zero-order valence-electron chi connectivity index (χ0n) is 11.9. The number of hydrogen-bond acceptors (Lipinski definition) is 3. The number of amides is 2. The number of anilines is 1. The first-order valence-electron chi connectivity index (χ1n) is 7.16. The molecule has 0 aromatic heterocycles. The van der Waals surface area contributed by atoms with Crippen LogP contribution in [0.5, 0.6) is 0 Å². The number of fused-ring (bicyclic) bond motifs is 1. The van der Waals surface area contributed by atoms with Crippen LogP contribution in [0.1, 0.15) is 31.4 Å². The Bertz CT molecular complexity index is 582. The summed E-state index contributed by atoms with van der Waals surface area (Å²) in [6.45, 7) is 2.95. The second kappa shape index (κ2) is 5.44. The molecular weight excluding hydrogens is 273 g/mol. The van der Waals surface area contributed by atoms with Gasteiger partial charge in [-0.05, 0) is 31.0 Å². The molecule has 1 atom stereocenters. The second-order valence-electron chi connectivity index (χ2n) is 5.60. The van der Waals surface area contributed by atoms with Crippen LogP contribution in [0.15, 0.2) is 18.2 Å². The SMILES string of the molecule is CC(=O)N1CCC(NC2C(=O)Nc3ccc(F)cc32)CC1. The molecule has 0 radical (unpaired) electrons. The van der Waals surface area contributed by atoms with E-state index in [-0.39, 0.29) is 23.7 Å². The van der Waals surface area contributed by atoms with E-state index in [1.54, 1.807) is 17.9 Å². The van der Waals surface area contributed by atoms with E-state index < -0.39 is 6.04 Å². The molecule has 2 N–H and O–H groups in total. The highest BCUT2D eigenvalue weighted by molar-refractivity contribution is 6.02. The van der Waals surface area contributed by atoms with Gasteiger partial charge in [0.25, 0.3) is 0 Å². The van der Waals surface area contributed by atoms with Gasteiger partial charge in [-0.3, -0.25) is 14.9 Å². The van der Waals surface area contributed by atoms with E-state index in [2.05, 4.69) is 10.6 Å². The van der Waals surface area contributed by atoms with Crippen molar-refractivity contribution in [3.63, 3.8) is 0 Å². The molecule has 1 saturated heterocycles. The predicted molar refractivity (Wildman–Crippen MR) is 76.2 cm³/mol. The molecule has 6 heteroatoms. The summed E-state index contributed by atoms with van der Waals surface area (Å²) in [4.78, 5) is 25.1. The molecule has 1 unspecified atom stereocenters. The summed E-state index contributed by atoms with van der Waals surface area (Å²) in [6.07, 6.45) is 1.60. The van der Waals surface area contributed by atoms with Gasteiger partial charge in [-0.1, -0.05) is 0 Å². The van der Waals surface area contributed by atoms with Crippen molar-refractivity contribution in [1.82, 2.24) is 10.2 Å². The van der Waals surface area contributed by atoms with Crippen molar-refractivity contribution < 1.29 is 14.0 Å². The topological polar surface area (TPSA) is 61.4 Å². The van der Waals surface area contributed by atoms with Crippen LogP contribution in [0.3, 0.4) is 0 Å². The van der Waals surface area contributed by atoms with Gasteiger partial charge in [0, 0.05) is 37.3 Å². The molecule has 1 fully saturated rings. The van der Waals surface area contributed by atoms with Crippen LogP contribution in [0.2, 0.25) is 0 Å². The average molecular weight is 291 g/mol. The van der Waals surface area contributed by atoms with E-state index in [4.69, 9.17) is 0 Å². The molecule has 21 heavy (non-hydrogen) atoms. The van der Waals surface area contributed by atoms with Crippen LogP contribution in [-0.2, 0) is 9.59 Å². The van der Waals surface area contributed by atoms with Crippen molar-refractivity contribution in [2.45, 2.75) is 31.8 Å². The van der Waals surface area contributed by atoms with Gasteiger partial charge in [0.1, 0.15) is 11.9 Å². The Morgan fingerprint density at radius 2 is 2.10 bits per heavy atom. The lowest BCUT2D eigenvalue weighted by atomic mass is 10.0. The highest BCUT2D eigenvalue weighted by Crippen LogP contribution is 2.32. The average Bonchev–Trinajstić information content (AvgIpc) is 2.76. The van der Waals surface area contributed by atoms with Gasteiger partial charge in [0.15, 0.2) is 0 Å². The van der Waals surface area contributed by atoms with Crippen LogP contribution in [-0.4, -0.2) is 35.8 Å². The van der Waals surface area contributed by atoms with Crippen LogP contribution >= 0.6 is 0 Å². The smallest absolute Gasteiger partial charge is 0.246 e. The Morgan fingerprint density at radius 1 is 1.38 bits per heavy atom. The highest BCUT2D eigenvalue weighted by Gasteiger charge is 2.33. The molecule has 1 aromatic carbocycles. The molecule has 2 heterocycles. The van der Waals surface area contributed by atoms with Gasteiger partial charge in [-0.15, -0.1) is 0 Å². The molecule has 0 spiro atoms.